The van der Waals surface area contributed by atoms with E-state index in [0.29, 0.717) is 24.4 Å². The van der Waals surface area contributed by atoms with Gasteiger partial charge in [0.1, 0.15) is 5.82 Å². The van der Waals surface area contributed by atoms with E-state index in [-0.39, 0.29) is 5.91 Å². The zero-order chi connectivity index (χ0) is 16.6. The minimum absolute atomic E-state index is 0.153. The van der Waals surface area contributed by atoms with Gasteiger partial charge in [0.05, 0.1) is 23.0 Å². The van der Waals surface area contributed by atoms with Crippen molar-refractivity contribution in [2.75, 3.05) is 5.32 Å². The van der Waals surface area contributed by atoms with Crippen molar-refractivity contribution >= 4 is 11.7 Å². The number of hydrogen-bond donors (Lipinski definition) is 1. The Kier molecular flexibility index (Phi) is 3.37. The highest BCUT2D eigenvalue weighted by molar-refractivity contribution is 6.00. The van der Waals surface area contributed by atoms with Crippen molar-refractivity contribution in [1.82, 2.24) is 14.8 Å². The van der Waals surface area contributed by atoms with Crippen LogP contribution in [-0.4, -0.2) is 20.7 Å². The summed E-state index contributed by atoms with van der Waals surface area (Å²) in [5.41, 5.74) is 0.854. The van der Waals surface area contributed by atoms with E-state index in [1.165, 1.54) is 6.07 Å². The van der Waals surface area contributed by atoms with Crippen molar-refractivity contribution in [2.45, 2.75) is 18.3 Å². The van der Waals surface area contributed by atoms with Crippen LogP contribution in [0.25, 0.3) is 5.69 Å². The number of anilines is 1. The largest absolute Gasteiger partial charge is 0.308 e. The van der Waals surface area contributed by atoms with Crippen LogP contribution in [0.15, 0.2) is 60.9 Å². The van der Waals surface area contributed by atoms with Crippen LogP contribution in [0, 0.1) is 5.82 Å². The summed E-state index contributed by atoms with van der Waals surface area (Å²) < 4.78 is 14.7. The monoisotopic (exact) mass is 322 g/mol. The van der Waals surface area contributed by atoms with E-state index in [1.807, 2.05) is 30.3 Å². The molecule has 0 radical (unpaired) electrons. The second kappa shape index (κ2) is 5.56. The van der Waals surface area contributed by atoms with Crippen molar-refractivity contribution in [1.29, 1.82) is 0 Å². The summed E-state index contributed by atoms with van der Waals surface area (Å²) in [7, 11) is 0. The first kappa shape index (κ1) is 14.6. The van der Waals surface area contributed by atoms with Gasteiger partial charge in [0.25, 0.3) is 0 Å². The molecule has 1 amide bonds. The van der Waals surface area contributed by atoms with Gasteiger partial charge >= 0.3 is 0 Å². The van der Waals surface area contributed by atoms with Crippen molar-refractivity contribution in [3.05, 3.63) is 72.4 Å². The average Bonchev–Trinajstić information content (AvgIpc) is 3.30. The molecule has 3 aromatic rings. The first-order valence-corrected chi connectivity index (χ1v) is 7.72. The molecule has 1 aliphatic carbocycles. The van der Waals surface area contributed by atoms with E-state index in [2.05, 4.69) is 15.4 Å². The summed E-state index contributed by atoms with van der Waals surface area (Å²) in [4.78, 5) is 16.7. The Hall–Kier alpha value is -3.02. The Bertz CT molecular complexity index is 870. The fraction of sp³-hybridized carbons (Fsp3) is 0.167. The van der Waals surface area contributed by atoms with Gasteiger partial charge in [0, 0.05) is 12.3 Å². The van der Waals surface area contributed by atoms with Gasteiger partial charge in [0.15, 0.2) is 5.82 Å². The van der Waals surface area contributed by atoms with E-state index >= 15 is 0 Å². The van der Waals surface area contributed by atoms with Gasteiger partial charge < -0.3 is 5.32 Å². The minimum Gasteiger partial charge on any atom is -0.308 e. The maximum absolute atomic E-state index is 13.0. The summed E-state index contributed by atoms with van der Waals surface area (Å²) in [5, 5.41) is 7.22. The molecular weight excluding hydrogens is 307 g/mol. The van der Waals surface area contributed by atoms with Crippen LogP contribution < -0.4 is 5.32 Å². The van der Waals surface area contributed by atoms with Crippen LogP contribution in [0.3, 0.4) is 0 Å². The molecule has 24 heavy (non-hydrogen) atoms. The van der Waals surface area contributed by atoms with E-state index in [9.17, 15) is 9.18 Å². The number of halogens is 1. The normalized spacial score (nSPS) is 15.0. The summed E-state index contributed by atoms with van der Waals surface area (Å²) in [6, 6.07) is 14.3. The van der Waals surface area contributed by atoms with Crippen LogP contribution in [0.4, 0.5) is 10.2 Å². The Morgan fingerprint density at radius 1 is 1.12 bits per heavy atom. The fourth-order valence-corrected chi connectivity index (χ4v) is 2.73. The van der Waals surface area contributed by atoms with E-state index in [4.69, 9.17) is 0 Å². The maximum atomic E-state index is 13.0. The lowest BCUT2D eigenvalue weighted by atomic mass is 10.0. The molecule has 5 nitrogen and oxygen atoms in total. The SMILES string of the molecule is O=C(Nc1ccn(-c2ccccc2)n1)C1(c2ccc(F)cn2)CC1. The van der Waals surface area contributed by atoms with Gasteiger partial charge in [-0.05, 0) is 37.1 Å². The van der Waals surface area contributed by atoms with E-state index in [1.54, 1.807) is 23.0 Å². The average molecular weight is 322 g/mol. The second-order valence-electron chi connectivity index (χ2n) is 5.88. The number of nitrogens with one attached hydrogen (secondary N) is 1. The lowest BCUT2D eigenvalue weighted by Gasteiger charge is -2.13. The number of rotatable bonds is 4. The molecule has 2 heterocycles. The number of carbonyl (C=O) groups excluding carboxylic acids is 1. The van der Waals surface area contributed by atoms with Gasteiger partial charge in [0.2, 0.25) is 5.91 Å². The number of para-hydroxylation sites is 1. The molecule has 0 spiro atoms. The number of carbonyl (C=O) groups is 1. The molecule has 120 valence electrons. The third-order valence-electron chi connectivity index (χ3n) is 4.25. The number of amides is 1. The van der Waals surface area contributed by atoms with Crippen LogP contribution in [-0.2, 0) is 10.2 Å². The van der Waals surface area contributed by atoms with E-state index in [0.717, 1.165) is 11.9 Å². The van der Waals surface area contributed by atoms with Gasteiger partial charge in [-0.1, -0.05) is 18.2 Å². The fourth-order valence-electron chi connectivity index (χ4n) is 2.73. The van der Waals surface area contributed by atoms with Crippen molar-refractivity contribution in [3.8, 4) is 5.69 Å². The predicted octanol–water partition coefficient (Wildman–Crippen LogP) is 3.08. The molecule has 2 aromatic heterocycles. The zero-order valence-electron chi connectivity index (χ0n) is 12.8. The highest BCUT2D eigenvalue weighted by atomic mass is 19.1. The van der Waals surface area contributed by atoms with Crippen LogP contribution in [0.5, 0.6) is 0 Å². The minimum atomic E-state index is -0.662. The van der Waals surface area contributed by atoms with E-state index < -0.39 is 11.2 Å². The highest BCUT2D eigenvalue weighted by Gasteiger charge is 2.52. The molecule has 1 saturated carbocycles. The maximum Gasteiger partial charge on any atom is 0.237 e. The zero-order valence-corrected chi connectivity index (χ0v) is 12.8. The molecule has 4 rings (SSSR count). The molecule has 1 fully saturated rings. The highest BCUT2D eigenvalue weighted by Crippen LogP contribution is 2.48. The molecule has 0 atom stereocenters. The molecule has 1 N–H and O–H groups in total. The summed E-state index contributed by atoms with van der Waals surface area (Å²) in [6.45, 7) is 0. The Balaban J connectivity index is 1.53. The number of hydrogen-bond acceptors (Lipinski definition) is 3. The molecule has 1 aliphatic rings. The third-order valence-corrected chi connectivity index (χ3v) is 4.25. The summed E-state index contributed by atoms with van der Waals surface area (Å²) in [5.74, 6) is -0.0753. The standard InChI is InChI=1S/C18H15FN4O/c19-13-6-7-15(20-12-13)18(9-10-18)17(24)21-16-8-11-23(22-16)14-4-2-1-3-5-14/h1-8,11-12H,9-10H2,(H,21,22,24). The lowest BCUT2D eigenvalue weighted by Crippen LogP contribution is -2.29. The molecule has 0 bridgehead atoms. The van der Waals surface area contributed by atoms with Crippen LogP contribution >= 0.6 is 0 Å². The topological polar surface area (TPSA) is 59.8 Å². The number of pyridine rings is 1. The Labute approximate surface area is 138 Å². The lowest BCUT2D eigenvalue weighted by molar-refractivity contribution is -0.118. The first-order chi connectivity index (χ1) is 11.7. The molecule has 1 aromatic carbocycles. The molecule has 0 unspecified atom stereocenters. The molecular formula is C18H15FN4O. The Morgan fingerprint density at radius 2 is 1.92 bits per heavy atom. The molecule has 0 aliphatic heterocycles. The van der Waals surface area contributed by atoms with Crippen molar-refractivity contribution in [3.63, 3.8) is 0 Å². The number of nitrogens with zero attached hydrogens (tertiary/aromatic N) is 3. The van der Waals surface area contributed by atoms with Gasteiger partial charge in [-0.25, -0.2) is 9.07 Å². The number of benzene rings is 1. The quantitative estimate of drug-likeness (QED) is 0.803. The summed E-state index contributed by atoms with van der Waals surface area (Å²) in [6.07, 6.45) is 4.35. The predicted molar refractivity (Wildman–Crippen MR) is 87.3 cm³/mol. The van der Waals surface area contributed by atoms with Crippen molar-refractivity contribution < 1.29 is 9.18 Å². The Morgan fingerprint density at radius 3 is 2.58 bits per heavy atom. The first-order valence-electron chi connectivity index (χ1n) is 7.72. The van der Waals surface area contributed by atoms with Crippen LogP contribution in [0.2, 0.25) is 0 Å². The van der Waals surface area contributed by atoms with Crippen molar-refractivity contribution in [2.24, 2.45) is 0 Å². The second-order valence-corrected chi connectivity index (χ2v) is 5.88. The molecule has 6 heteroatoms. The van der Waals surface area contributed by atoms with Gasteiger partial charge in [-0.15, -0.1) is 0 Å². The third kappa shape index (κ3) is 2.56. The number of aromatic nitrogens is 3. The molecule has 0 saturated heterocycles. The van der Waals surface area contributed by atoms with Gasteiger partial charge in [-0.3, -0.25) is 9.78 Å². The van der Waals surface area contributed by atoms with Gasteiger partial charge in [-0.2, -0.15) is 5.10 Å². The summed E-state index contributed by atoms with van der Waals surface area (Å²) >= 11 is 0. The van der Waals surface area contributed by atoms with Crippen LogP contribution in [0.1, 0.15) is 18.5 Å². The smallest absolute Gasteiger partial charge is 0.237 e.